The molecule has 97 heavy (non-hydrogen) atoms. The van der Waals surface area contributed by atoms with Gasteiger partial charge in [-0.25, -0.2) is 14.4 Å². The van der Waals surface area contributed by atoms with Crippen LogP contribution in [0.2, 0.25) is 20.1 Å². The monoisotopic (exact) mass is 1400 g/mol. The van der Waals surface area contributed by atoms with Crippen molar-refractivity contribution in [2.24, 2.45) is 0 Å². The number of nitrogens with one attached hydrogen (secondary N) is 7. The van der Waals surface area contributed by atoms with Gasteiger partial charge in [-0.2, -0.15) is 20.4 Å². The molecule has 0 bridgehead atoms. The molecule has 0 atom stereocenters. The van der Waals surface area contributed by atoms with Crippen LogP contribution in [-0.4, -0.2) is 243 Å². The number of piperidine rings is 4. The fourth-order valence-corrected chi connectivity index (χ4v) is 15.8. The van der Waals surface area contributed by atoms with Gasteiger partial charge >= 0.3 is 18.1 Å². The third kappa shape index (κ3) is 14.3. The van der Waals surface area contributed by atoms with Crippen LogP contribution in [0.5, 0.6) is 0 Å². The molecule has 16 rings (SSSR count). The number of amides is 9. The number of anilines is 4. The number of urea groups is 3. The van der Waals surface area contributed by atoms with Crippen LogP contribution >= 0.6 is 46.4 Å². The van der Waals surface area contributed by atoms with Gasteiger partial charge in [-0.05, 0) is 99.9 Å². The summed E-state index contributed by atoms with van der Waals surface area (Å²) in [5.41, 5.74) is 6.99. The van der Waals surface area contributed by atoms with Crippen LogP contribution in [0.4, 0.5) is 37.1 Å². The summed E-state index contributed by atoms with van der Waals surface area (Å²) >= 11 is 24.9. The molecule has 0 unspecified atom stereocenters. The minimum atomic E-state index is -0.877. The zero-order valence-corrected chi connectivity index (χ0v) is 57.5. The molecule has 0 radical (unpaired) electrons. The van der Waals surface area contributed by atoms with Crippen molar-refractivity contribution in [3.8, 4) is 0 Å². The van der Waals surface area contributed by atoms with Crippen molar-refractivity contribution in [1.82, 2.24) is 81.2 Å². The van der Waals surface area contributed by atoms with E-state index >= 15 is 0 Å². The topological polar surface area (TPSA) is 292 Å². The van der Waals surface area contributed by atoms with E-state index in [0.29, 0.717) is 72.8 Å². The van der Waals surface area contributed by atoms with E-state index < -0.39 is 11.6 Å². The third-order valence-electron chi connectivity index (χ3n) is 20.3. The Kier molecular flexibility index (Phi) is 19.7. The summed E-state index contributed by atoms with van der Waals surface area (Å²) in [6.07, 6.45) is 14.1. The van der Waals surface area contributed by atoms with Crippen molar-refractivity contribution in [2.45, 2.75) is 88.4 Å². The largest absolute Gasteiger partial charge is 0.371 e. The number of imide groups is 1. The Morgan fingerprint density at radius 1 is 0.546 bits per heavy atom. The summed E-state index contributed by atoms with van der Waals surface area (Å²) in [5.74, 6) is -0.278. The molecule has 8 fully saturated rings. The predicted molar refractivity (Wildman–Crippen MR) is 375 cm³/mol. The number of benzene rings is 4. The highest BCUT2D eigenvalue weighted by Crippen LogP contribution is 2.40. The normalized spacial score (nSPS) is 19.8. The van der Waals surface area contributed by atoms with Crippen molar-refractivity contribution in [2.75, 3.05) is 138 Å². The fraction of sp³-hybridized carbons (Fsp3) is 0.485. The lowest BCUT2D eigenvalue weighted by atomic mass is 9.87. The Bertz CT molecular complexity index is 4220. The molecule has 31 heteroatoms. The van der Waals surface area contributed by atoms with Gasteiger partial charge in [0.15, 0.2) is 0 Å². The molecule has 9 amide bonds. The molecule has 514 valence electrons. The van der Waals surface area contributed by atoms with Gasteiger partial charge in [0.2, 0.25) is 11.8 Å². The number of carbonyl (C=O) groups is 6. The minimum Gasteiger partial charge on any atom is -0.371 e. The Balaban J connectivity index is 0.000000117. The molecule has 0 saturated carbocycles. The number of likely N-dealkylation sites (N-methyl/N-ethyl adjacent to an activating group) is 1. The average Bonchev–Trinajstić information content (AvgIpc) is 1.66. The van der Waals surface area contributed by atoms with Crippen LogP contribution in [0.3, 0.4) is 0 Å². The van der Waals surface area contributed by atoms with Gasteiger partial charge < -0.3 is 59.9 Å². The summed E-state index contributed by atoms with van der Waals surface area (Å²) in [5, 5.41) is 43.7. The van der Waals surface area contributed by atoms with Crippen LogP contribution in [0.1, 0.15) is 65.2 Å². The second-order valence-corrected chi connectivity index (χ2v) is 27.9. The third-order valence-corrected chi connectivity index (χ3v) is 21.1. The maximum atomic E-state index is 12.9. The van der Waals surface area contributed by atoms with E-state index in [1.807, 2.05) is 88.9 Å². The molecule has 0 aliphatic carbocycles. The van der Waals surface area contributed by atoms with E-state index in [2.05, 4.69) is 76.3 Å². The van der Waals surface area contributed by atoms with Gasteiger partial charge in [0.25, 0.3) is 5.91 Å². The molecule has 12 heterocycles. The summed E-state index contributed by atoms with van der Waals surface area (Å²) in [4.78, 5) is 90.0. The highest BCUT2D eigenvalue weighted by atomic mass is 35.5. The average molecular weight is 1410 g/mol. The van der Waals surface area contributed by atoms with E-state index in [1.54, 1.807) is 18.0 Å². The van der Waals surface area contributed by atoms with Crippen molar-refractivity contribution in [3.63, 3.8) is 0 Å². The first-order chi connectivity index (χ1) is 46.8. The number of aromatic nitrogens is 8. The highest BCUT2D eigenvalue weighted by Gasteiger charge is 2.52. The molecule has 4 aromatic carbocycles. The molecule has 27 nitrogen and oxygen atoms in total. The molecule has 7 N–H and O–H groups in total. The summed E-state index contributed by atoms with van der Waals surface area (Å²) < 4.78 is 6.10. The number of hydrogen-bond acceptors (Lipinski definition) is 15. The number of nitrogens with zero attached hydrogens (tertiary/aromatic N) is 13. The standard InChI is InChI=1S/C18H21ClN6O3.C17H21ClN4O2.C16H20ClN5O.C15H18ClN5O/c1-11(26)20-4-7-25-16(27)18(22-17(25)28)2-5-24(6-3-18)15-9-12(19)8-14-13(15)10-21-23-14;1-12(23)22-6-7-24-17(11-22)2-4-21(5-3-17)16-9-13(18)8-15-14(16)10-19-20-15;1-20-6-7-22(16(20)23)12-2-4-21(5-3-12)15-9-11(17)8-14-13(15)10-18-19-14;16-10-7-13-12(9-18-19-13)14(8-10)20-4-1-11(2-5-20)21-6-3-17-15(21)22/h8-10H,2-7H2,1H3,(H,20,26)(H,21,23)(H,22,28);8-10H,2-7,11H2,1H3,(H,19,20);8-10,12H,2-7H2,1H3,(H,18,19);7-9,11H,1-6H2,(H,17,22)(H,18,19). The Morgan fingerprint density at radius 3 is 1.38 bits per heavy atom. The Morgan fingerprint density at radius 2 is 0.979 bits per heavy atom. The van der Waals surface area contributed by atoms with Crippen LogP contribution in [-0.2, 0) is 19.1 Å². The van der Waals surface area contributed by atoms with Crippen molar-refractivity contribution in [1.29, 1.82) is 0 Å². The van der Waals surface area contributed by atoms with Gasteiger partial charge in [0.1, 0.15) is 5.54 Å². The zero-order valence-electron chi connectivity index (χ0n) is 54.4. The number of H-pyrrole nitrogens is 4. The van der Waals surface area contributed by atoms with Crippen molar-refractivity contribution < 1.29 is 33.5 Å². The number of aromatic amines is 4. The number of halogens is 4. The van der Waals surface area contributed by atoms with Gasteiger partial charge in [-0.3, -0.25) is 39.7 Å². The summed E-state index contributed by atoms with van der Waals surface area (Å²) in [6.45, 7) is 15.4. The lowest BCUT2D eigenvalue weighted by molar-refractivity contribution is -0.152. The number of rotatable bonds is 9. The van der Waals surface area contributed by atoms with E-state index in [0.717, 1.165) is 175 Å². The molecule has 4 aromatic heterocycles. The first kappa shape index (κ1) is 67.1. The van der Waals surface area contributed by atoms with Crippen molar-refractivity contribution >= 4 is 149 Å². The smallest absolute Gasteiger partial charge is 0.325 e. The molecule has 8 aliphatic heterocycles. The van der Waals surface area contributed by atoms with Crippen LogP contribution in [0, 0.1) is 0 Å². The van der Waals surface area contributed by atoms with E-state index in [1.165, 1.54) is 11.8 Å². The molecular weight excluding hydrogens is 1330 g/mol. The molecule has 8 aromatic rings. The predicted octanol–water partition coefficient (Wildman–Crippen LogP) is 8.44. The highest BCUT2D eigenvalue weighted by molar-refractivity contribution is 6.33. The Labute approximate surface area is 580 Å². The van der Waals surface area contributed by atoms with Gasteiger partial charge in [-0.15, -0.1) is 0 Å². The fourth-order valence-electron chi connectivity index (χ4n) is 15.0. The lowest BCUT2D eigenvalue weighted by Crippen LogP contribution is -2.57. The van der Waals surface area contributed by atoms with Gasteiger partial charge in [-0.1, -0.05) is 46.4 Å². The number of hydrogen-bond donors (Lipinski definition) is 7. The quantitative estimate of drug-likeness (QED) is 0.0667. The van der Waals surface area contributed by atoms with Crippen LogP contribution in [0.25, 0.3) is 43.6 Å². The second kappa shape index (κ2) is 28.5. The summed E-state index contributed by atoms with van der Waals surface area (Å²) in [6, 6.07) is 16.0. The zero-order chi connectivity index (χ0) is 67.7. The SMILES string of the molecule is CC(=O)N1CCOC2(CCN(c3cc(Cl)cc4[nH]ncc34)CC2)C1.CC(=O)NCCN1C(=O)NC2(CCN(c3cc(Cl)cc4[nH]ncc34)CC2)C1=O.CN1CCN(C2CCN(c3cc(Cl)cc4[nH]ncc34)CC2)C1=O.O=C1NCCN1C1CCN(c2cc(Cl)cc3[nH]ncc23)CC1. The lowest BCUT2D eigenvalue weighted by Gasteiger charge is -2.47. The first-order valence-electron chi connectivity index (χ1n) is 33.2. The molecule has 8 aliphatic rings. The summed E-state index contributed by atoms with van der Waals surface area (Å²) in [7, 11) is 1.87. The molecule has 2 spiro atoms. The molecule has 8 saturated heterocycles. The minimum absolute atomic E-state index is 0.0819. The van der Waals surface area contributed by atoms with E-state index in [4.69, 9.17) is 51.1 Å². The van der Waals surface area contributed by atoms with Crippen LogP contribution < -0.4 is 35.6 Å². The number of fused-ring (bicyclic) bond motifs is 4. The van der Waals surface area contributed by atoms with E-state index in [9.17, 15) is 28.8 Å². The molecular formula is C66H80Cl4N20O7. The number of carbonyl (C=O) groups excluding carboxylic acids is 6. The van der Waals surface area contributed by atoms with E-state index in [-0.39, 0.29) is 48.5 Å². The van der Waals surface area contributed by atoms with Crippen LogP contribution in [0.15, 0.2) is 73.3 Å². The van der Waals surface area contributed by atoms with Gasteiger partial charge in [0.05, 0.1) is 59.1 Å². The number of morpholine rings is 1. The maximum absolute atomic E-state index is 12.9. The maximum Gasteiger partial charge on any atom is 0.325 e. The second-order valence-electron chi connectivity index (χ2n) is 26.2. The number of ether oxygens (including phenoxy) is 1. The Hall–Kier alpha value is -8.50. The first-order valence-corrected chi connectivity index (χ1v) is 34.7. The van der Waals surface area contributed by atoms with Gasteiger partial charge in [0, 0.05) is 202 Å². The van der Waals surface area contributed by atoms with Crippen molar-refractivity contribution in [3.05, 3.63) is 93.4 Å².